The van der Waals surface area contributed by atoms with Gasteiger partial charge in [0.15, 0.2) is 0 Å². The fourth-order valence-electron chi connectivity index (χ4n) is 2.20. The average molecular weight is 261 g/mol. The lowest BCUT2D eigenvalue weighted by Gasteiger charge is -2.35. The number of aromatic nitrogens is 2. The van der Waals surface area contributed by atoms with Gasteiger partial charge in [-0.1, -0.05) is 6.07 Å². The summed E-state index contributed by atoms with van der Waals surface area (Å²) in [4.78, 5) is 9.67. The molecule has 4 heteroatoms. The number of aliphatic hydroxyl groups is 1. The number of rotatable bonds is 6. The highest BCUT2D eigenvalue weighted by Gasteiger charge is 2.22. The topological polar surface area (TPSA) is 52.2 Å². The molecular weight excluding hydrogens is 238 g/mol. The van der Waals surface area contributed by atoms with Gasteiger partial charge in [0.05, 0.1) is 17.4 Å². The van der Waals surface area contributed by atoms with E-state index in [0.29, 0.717) is 0 Å². The number of nitrogens with zero attached hydrogens (tertiary/aromatic N) is 2. The smallest absolute Gasteiger partial charge is 0.0931 e. The van der Waals surface area contributed by atoms with Crippen molar-refractivity contribution < 1.29 is 5.11 Å². The van der Waals surface area contributed by atoms with Crippen molar-refractivity contribution in [2.75, 3.05) is 20.2 Å². The number of hydrogen-bond donors (Lipinski definition) is 2. The Morgan fingerprint density at radius 2 is 2.16 bits per heavy atom. The molecule has 1 heterocycles. The Balaban J connectivity index is 1.97. The van der Waals surface area contributed by atoms with Crippen LogP contribution >= 0.6 is 0 Å². The molecule has 0 saturated heterocycles. The van der Waals surface area contributed by atoms with E-state index in [1.807, 2.05) is 0 Å². The minimum atomic E-state index is 0.0346. The van der Waals surface area contributed by atoms with Gasteiger partial charge in [-0.3, -0.25) is 0 Å². The SMILES string of the molecule is CN(CCc1ccc2nc[nH]c2c1)C(C)(C)CCO. The maximum Gasteiger partial charge on any atom is 0.0931 e. The van der Waals surface area contributed by atoms with E-state index in [1.165, 1.54) is 5.56 Å². The molecule has 0 aliphatic carbocycles. The van der Waals surface area contributed by atoms with E-state index < -0.39 is 0 Å². The van der Waals surface area contributed by atoms with Gasteiger partial charge in [-0.2, -0.15) is 0 Å². The third-order valence-electron chi connectivity index (χ3n) is 3.98. The van der Waals surface area contributed by atoms with E-state index >= 15 is 0 Å². The molecule has 4 nitrogen and oxygen atoms in total. The normalized spacial score (nSPS) is 12.5. The Hall–Kier alpha value is -1.39. The summed E-state index contributed by atoms with van der Waals surface area (Å²) in [5, 5.41) is 9.09. The first-order valence-electron chi connectivity index (χ1n) is 6.77. The number of imidazole rings is 1. The minimum absolute atomic E-state index is 0.0346. The first-order valence-corrected chi connectivity index (χ1v) is 6.77. The predicted molar refractivity (Wildman–Crippen MR) is 78.2 cm³/mol. The molecule has 0 radical (unpaired) electrons. The van der Waals surface area contributed by atoms with Crippen LogP contribution in [0.1, 0.15) is 25.8 Å². The van der Waals surface area contributed by atoms with E-state index in [4.69, 9.17) is 5.11 Å². The van der Waals surface area contributed by atoms with Crippen LogP contribution in [-0.4, -0.2) is 45.7 Å². The number of H-pyrrole nitrogens is 1. The quantitative estimate of drug-likeness (QED) is 0.838. The van der Waals surface area contributed by atoms with Gasteiger partial charge >= 0.3 is 0 Å². The Kier molecular flexibility index (Phi) is 4.22. The zero-order valence-corrected chi connectivity index (χ0v) is 12.0. The number of benzene rings is 1. The maximum absolute atomic E-state index is 9.09. The third kappa shape index (κ3) is 3.33. The fraction of sp³-hybridized carbons (Fsp3) is 0.533. The molecule has 2 rings (SSSR count). The molecule has 0 bridgehead atoms. The number of hydrogen-bond acceptors (Lipinski definition) is 3. The predicted octanol–water partition coefficient (Wildman–Crippen LogP) is 2.20. The summed E-state index contributed by atoms with van der Waals surface area (Å²) in [7, 11) is 2.12. The number of aromatic amines is 1. The van der Waals surface area contributed by atoms with Gasteiger partial charge in [-0.25, -0.2) is 4.98 Å². The van der Waals surface area contributed by atoms with Crippen LogP contribution in [0.4, 0.5) is 0 Å². The van der Waals surface area contributed by atoms with Gasteiger partial charge in [0.1, 0.15) is 0 Å². The summed E-state index contributed by atoms with van der Waals surface area (Å²) >= 11 is 0. The van der Waals surface area contributed by atoms with E-state index in [1.54, 1.807) is 6.33 Å². The molecular formula is C15H23N3O. The van der Waals surface area contributed by atoms with E-state index in [9.17, 15) is 0 Å². The number of fused-ring (bicyclic) bond motifs is 1. The Morgan fingerprint density at radius 3 is 2.89 bits per heavy atom. The molecule has 0 amide bonds. The van der Waals surface area contributed by atoms with E-state index in [2.05, 4.69) is 54.0 Å². The molecule has 0 aliphatic rings. The molecule has 0 spiro atoms. The van der Waals surface area contributed by atoms with Crippen molar-refractivity contribution in [2.45, 2.75) is 32.2 Å². The summed E-state index contributed by atoms with van der Waals surface area (Å²) < 4.78 is 0. The Bertz CT molecular complexity index is 533. The van der Waals surface area contributed by atoms with Gasteiger partial charge in [0, 0.05) is 18.7 Å². The van der Waals surface area contributed by atoms with Crippen LogP contribution in [0, 0.1) is 0 Å². The van der Waals surface area contributed by atoms with Gasteiger partial charge in [-0.15, -0.1) is 0 Å². The standard InChI is InChI=1S/C15H23N3O/c1-15(2,7-9-19)18(3)8-6-12-4-5-13-14(10-12)17-11-16-13/h4-5,10-11,19H,6-9H2,1-3H3,(H,16,17). The minimum Gasteiger partial charge on any atom is -0.396 e. The maximum atomic E-state index is 9.09. The first kappa shape index (κ1) is 14.0. The molecule has 0 aliphatic heterocycles. The highest BCUT2D eigenvalue weighted by Crippen LogP contribution is 2.18. The number of nitrogens with one attached hydrogen (secondary N) is 1. The lowest BCUT2D eigenvalue weighted by molar-refractivity contribution is 0.118. The van der Waals surface area contributed by atoms with Gasteiger partial charge in [0.25, 0.3) is 0 Å². The molecule has 0 atom stereocenters. The summed E-state index contributed by atoms with van der Waals surface area (Å²) in [5.41, 5.74) is 3.45. The lowest BCUT2D eigenvalue weighted by atomic mass is 9.98. The number of likely N-dealkylation sites (N-methyl/N-ethyl adjacent to an activating group) is 1. The second-order valence-corrected chi connectivity index (χ2v) is 5.71. The fourth-order valence-corrected chi connectivity index (χ4v) is 2.20. The second kappa shape index (κ2) is 5.72. The van der Waals surface area contributed by atoms with Crippen LogP contribution in [0.15, 0.2) is 24.5 Å². The van der Waals surface area contributed by atoms with Crippen molar-refractivity contribution in [3.8, 4) is 0 Å². The van der Waals surface area contributed by atoms with Crippen LogP contribution in [0.3, 0.4) is 0 Å². The second-order valence-electron chi connectivity index (χ2n) is 5.71. The molecule has 104 valence electrons. The van der Waals surface area contributed by atoms with Crippen LogP contribution in [0.5, 0.6) is 0 Å². The van der Waals surface area contributed by atoms with Gasteiger partial charge in [0.2, 0.25) is 0 Å². The Morgan fingerprint density at radius 1 is 1.37 bits per heavy atom. The summed E-state index contributed by atoms with van der Waals surface area (Å²) in [6, 6.07) is 6.35. The number of aliphatic hydroxyl groups excluding tert-OH is 1. The van der Waals surface area contributed by atoms with E-state index in [-0.39, 0.29) is 12.1 Å². The van der Waals surface area contributed by atoms with Gasteiger partial charge < -0.3 is 15.0 Å². The lowest BCUT2D eigenvalue weighted by Crippen LogP contribution is -2.42. The Labute approximate surface area is 114 Å². The van der Waals surface area contributed by atoms with Gasteiger partial charge in [-0.05, 0) is 51.4 Å². The molecule has 0 saturated carbocycles. The molecule has 0 unspecified atom stereocenters. The summed E-state index contributed by atoms with van der Waals surface area (Å²) in [6.45, 7) is 5.55. The molecule has 1 aromatic carbocycles. The summed E-state index contributed by atoms with van der Waals surface area (Å²) in [5.74, 6) is 0. The van der Waals surface area contributed by atoms with Crippen molar-refractivity contribution in [3.05, 3.63) is 30.1 Å². The highest BCUT2D eigenvalue weighted by atomic mass is 16.3. The van der Waals surface area contributed by atoms with Crippen molar-refractivity contribution in [1.29, 1.82) is 0 Å². The molecule has 2 aromatic rings. The zero-order chi connectivity index (χ0) is 13.9. The first-order chi connectivity index (χ1) is 9.03. The van der Waals surface area contributed by atoms with Crippen molar-refractivity contribution in [1.82, 2.24) is 14.9 Å². The summed E-state index contributed by atoms with van der Waals surface area (Å²) in [6.07, 6.45) is 3.52. The average Bonchev–Trinajstić information content (AvgIpc) is 2.83. The molecule has 1 aromatic heterocycles. The van der Waals surface area contributed by atoms with Crippen LogP contribution in [0.2, 0.25) is 0 Å². The molecule has 0 fully saturated rings. The highest BCUT2D eigenvalue weighted by molar-refractivity contribution is 5.75. The van der Waals surface area contributed by atoms with E-state index in [0.717, 1.165) is 30.4 Å². The van der Waals surface area contributed by atoms with Crippen LogP contribution in [-0.2, 0) is 6.42 Å². The van der Waals surface area contributed by atoms with Crippen molar-refractivity contribution in [2.24, 2.45) is 0 Å². The van der Waals surface area contributed by atoms with Crippen molar-refractivity contribution in [3.63, 3.8) is 0 Å². The van der Waals surface area contributed by atoms with Crippen LogP contribution < -0.4 is 0 Å². The third-order valence-corrected chi connectivity index (χ3v) is 3.98. The van der Waals surface area contributed by atoms with Crippen molar-refractivity contribution >= 4 is 11.0 Å². The van der Waals surface area contributed by atoms with Crippen LogP contribution in [0.25, 0.3) is 11.0 Å². The molecule has 2 N–H and O–H groups in total. The monoisotopic (exact) mass is 261 g/mol. The largest absolute Gasteiger partial charge is 0.396 e. The zero-order valence-electron chi connectivity index (χ0n) is 12.0. The molecule has 19 heavy (non-hydrogen) atoms.